The zero-order valence-corrected chi connectivity index (χ0v) is 12.4. The smallest absolute Gasteiger partial charge is 0.307 e. The lowest BCUT2D eigenvalue weighted by molar-refractivity contribution is -0.144. The molecule has 2 aliphatic carbocycles. The van der Waals surface area contributed by atoms with Crippen LogP contribution >= 0.6 is 0 Å². The fourth-order valence-corrected chi connectivity index (χ4v) is 3.74. The quantitative estimate of drug-likeness (QED) is 0.781. The van der Waals surface area contributed by atoms with Crippen LogP contribution < -0.4 is 5.32 Å². The molecule has 1 aliphatic heterocycles. The van der Waals surface area contributed by atoms with E-state index in [9.17, 15) is 9.90 Å². The minimum atomic E-state index is -0.612. The highest BCUT2D eigenvalue weighted by molar-refractivity contribution is 5.70. The number of nitrogens with one attached hydrogen (secondary N) is 1. The Morgan fingerprint density at radius 1 is 1.10 bits per heavy atom. The van der Waals surface area contributed by atoms with Crippen LogP contribution in [0.1, 0.15) is 44.9 Å². The molecule has 0 bridgehead atoms. The first-order valence-electron chi connectivity index (χ1n) is 8.39. The first-order valence-corrected chi connectivity index (χ1v) is 8.39. The molecule has 0 aromatic rings. The Balaban J connectivity index is 1.49. The van der Waals surface area contributed by atoms with Gasteiger partial charge in [-0.2, -0.15) is 0 Å². The Morgan fingerprint density at radius 2 is 1.80 bits per heavy atom. The minimum Gasteiger partial charge on any atom is -0.481 e. The third-order valence-corrected chi connectivity index (χ3v) is 5.54. The van der Waals surface area contributed by atoms with Crippen LogP contribution in [0, 0.1) is 17.8 Å². The number of hydrogen-bond acceptors (Lipinski definition) is 3. The van der Waals surface area contributed by atoms with Crippen molar-refractivity contribution in [2.75, 3.05) is 26.2 Å². The first-order chi connectivity index (χ1) is 9.70. The number of nitrogens with zero attached hydrogens (tertiary/aromatic N) is 1. The van der Waals surface area contributed by atoms with Gasteiger partial charge in [0.25, 0.3) is 0 Å². The summed E-state index contributed by atoms with van der Waals surface area (Å²) in [7, 11) is 0. The maximum atomic E-state index is 11.4. The molecule has 4 nitrogen and oxygen atoms in total. The monoisotopic (exact) mass is 280 g/mol. The Labute approximate surface area is 121 Å². The molecule has 20 heavy (non-hydrogen) atoms. The van der Waals surface area contributed by atoms with Crippen molar-refractivity contribution >= 4 is 5.97 Å². The molecule has 2 unspecified atom stereocenters. The van der Waals surface area contributed by atoms with Crippen LogP contribution in [0.4, 0.5) is 0 Å². The summed E-state index contributed by atoms with van der Waals surface area (Å²) >= 11 is 0. The van der Waals surface area contributed by atoms with Crippen molar-refractivity contribution in [2.24, 2.45) is 17.8 Å². The number of carbonyl (C=O) groups is 1. The standard InChI is InChI=1S/C16H28N2O2/c19-16(20)14-7-15(17-8-12-3-1-4-12)11-18(10-14)9-13-5-2-6-13/h12-15,17H,1-11H2,(H,19,20). The van der Waals surface area contributed by atoms with Crippen LogP contribution in [0.2, 0.25) is 0 Å². The van der Waals surface area contributed by atoms with Gasteiger partial charge < -0.3 is 15.3 Å². The third-order valence-electron chi connectivity index (χ3n) is 5.54. The second-order valence-corrected chi connectivity index (χ2v) is 7.19. The highest BCUT2D eigenvalue weighted by atomic mass is 16.4. The number of aliphatic carboxylic acids is 1. The van der Waals surface area contributed by atoms with E-state index in [4.69, 9.17) is 0 Å². The summed E-state index contributed by atoms with van der Waals surface area (Å²) < 4.78 is 0. The second-order valence-electron chi connectivity index (χ2n) is 7.19. The van der Waals surface area contributed by atoms with Gasteiger partial charge in [-0.05, 0) is 50.5 Å². The van der Waals surface area contributed by atoms with Gasteiger partial charge in [0, 0.05) is 25.7 Å². The molecule has 3 rings (SSSR count). The van der Waals surface area contributed by atoms with Gasteiger partial charge in [-0.25, -0.2) is 0 Å². The number of carboxylic acids is 1. The first kappa shape index (κ1) is 14.3. The Morgan fingerprint density at radius 3 is 2.35 bits per heavy atom. The molecule has 0 spiro atoms. The van der Waals surface area contributed by atoms with Gasteiger partial charge in [-0.1, -0.05) is 12.8 Å². The van der Waals surface area contributed by atoms with Gasteiger partial charge in [-0.15, -0.1) is 0 Å². The number of rotatable bonds is 6. The number of hydrogen-bond donors (Lipinski definition) is 2. The Kier molecular flexibility index (Phi) is 4.61. The van der Waals surface area contributed by atoms with Crippen molar-refractivity contribution in [1.82, 2.24) is 10.2 Å². The van der Waals surface area contributed by atoms with Crippen LogP contribution in [-0.2, 0) is 4.79 Å². The number of carboxylic acid groups (broad SMARTS) is 1. The molecular weight excluding hydrogens is 252 g/mol. The highest BCUT2D eigenvalue weighted by Crippen LogP contribution is 2.29. The van der Waals surface area contributed by atoms with Gasteiger partial charge in [0.05, 0.1) is 5.92 Å². The van der Waals surface area contributed by atoms with Crippen molar-refractivity contribution in [2.45, 2.75) is 51.0 Å². The summed E-state index contributed by atoms with van der Waals surface area (Å²) in [5, 5.41) is 13.0. The van der Waals surface area contributed by atoms with Gasteiger partial charge >= 0.3 is 5.97 Å². The summed E-state index contributed by atoms with van der Waals surface area (Å²) in [5.74, 6) is 0.886. The van der Waals surface area contributed by atoms with Gasteiger partial charge in [0.2, 0.25) is 0 Å². The minimum absolute atomic E-state index is 0.178. The molecule has 0 amide bonds. The van der Waals surface area contributed by atoms with Gasteiger partial charge in [-0.3, -0.25) is 4.79 Å². The molecule has 4 heteroatoms. The molecule has 3 aliphatic rings. The van der Waals surface area contributed by atoms with E-state index < -0.39 is 5.97 Å². The molecule has 1 heterocycles. The predicted octanol–water partition coefficient (Wildman–Crippen LogP) is 1.95. The van der Waals surface area contributed by atoms with E-state index >= 15 is 0 Å². The normalized spacial score (nSPS) is 32.6. The second kappa shape index (κ2) is 6.44. The fourth-order valence-electron chi connectivity index (χ4n) is 3.74. The molecule has 0 radical (unpaired) electrons. The topological polar surface area (TPSA) is 52.6 Å². The van der Waals surface area contributed by atoms with Gasteiger partial charge in [0.1, 0.15) is 0 Å². The molecule has 0 aromatic heterocycles. The molecule has 2 N–H and O–H groups in total. The summed E-state index contributed by atoms with van der Waals surface area (Å²) in [6.07, 6.45) is 8.95. The lowest BCUT2D eigenvalue weighted by Gasteiger charge is -2.40. The van der Waals surface area contributed by atoms with Crippen molar-refractivity contribution in [3.8, 4) is 0 Å². The molecule has 2 atom stereocenters. The van der Waals surface area contributed by atoms with E-state index in [-0.39, 0.29) is 5.92 Å². The maximum Gasteiger partial charge on any atom is 0.307 e. The zero-order chi connectivity index (χ0) is 13.9. The van der Waals surface area contributed by atoms with E-state index in [0.29, 0.717) is 6.04 Å². The fraction of sp³-hybridized carbons (Fsp3) is 0.938. The number of likely N-dealkylation sites (tertiary alicyclic amines) is 1. The molecule has 1 saturated heterocycles. The van der Waals surface area contributed by atoms with Crippen molar-refractivity contribution in [3.63, 3.8) is 0 Å². The van der Waals surface area contributed by atoms with E-state index in [2.05, 4.69) is 10.2 Å². The third kappa shape index (κ3) is 3.53. The van der Waals surface area contributed by atoms with Crippen molar-refractivity contribution in [3.05, 3.63) is 0 Å². The molecular formula is C16H28N2O2. The van der Waals surface area contributed by atoms with E-state index in [1.807, 2.05) is 0 Å². The predicted molar refractivity (Wildman–Crippen MR) is 78.7 cm³/mol. The Bertz CT molecular complexity index is 339. The Hall–Kier alpha value is -0.610. The SMILES string of the molecule is O=C(O)C1CC(NCC2CCC2)CN(CC2CCC2)C1. The zero-order valence-electron chi connectivity index (χ0n) is 12.4. The maximum absolute atomic E-state index is 11.4. The van der Waals surface area contributed by atoms with Crippen molar-refractivity contribution in [1.29, 1.82) is 0 Å². The largest absolute Gasteiger partial charge is 0.481 e. The van der Waals surface area contributed by atoms with Crippen molar-refractivity contribution < 1.29 is 9.90 Å². The average molecular weight is 280 g/mol. The number of piperidine rings is 1. The van der Waals surface area contributed by atoms with E-state index in [0.717, 1.165) is 44.4 Å². The van der Waals surface area contributed by atoms with E-state index in [1.165, 1.54) is 38.5 Å². The highest BCUT2D eigenvalue weighted by Gasteiger charge is 2.33. The molecule has 114 valence electrons. The lowest BCUT2D eigenvalue weighted by atomic mass is 9.83. The van der Waals surface area contributed by atoms with Crippen LogP contribution in [-0.4, -0.2) is 48.2 Å². The van der Waals surface area contributed by atoms with E-state index in [1.54, 1.807) is 0 Å². The molecule has 2 saturated carbocycles. The van der Waals surface area contributed by atoms with Crippen LogP contribution in [0.25, 0.3) is 0 Å². The average Bonchev–Trinajstić information content (AvgIpc) is 2.32. The summed E-state index contributed by atoms with van der Waals surface area (Å²) in [5.41, 5.74) is 0. The summed E-state index contributed by atoms with van der Waals surface area (Å²) in [4.78, 5) is 13.8. The van der Waals surface area contributed by atoms with Crippen LogP contribution in [0.3, 0.4) is 0 Å². The summed E-state index contributed by atoms with van der Waals surface area (Å²) in [6, 6.07) is 0.380. The molecule has 3 fully saturated rings. The van der Waals surface area contributed by atoms with Crippen LogP contribution in [0.15, 0.2) is 0 Å². The van der Waals surface area contributed by atoms with Crippen LogP contribution in [0.5, 0.6) is 0 Å². The summed E-state index contributed by atoms with van der Waals surface area (Å²) in [6.45, 7) is 4.01. The lowest BCUT2D eigenvalue weighted by Crippen LogP contribution is -2.53. The molecule has 0 aromatic carbocycles. The van der Waals surface area contributed by atoms with Gasteiger partial charge in [0.15, 0.2) is 0 Å².